The summed E-state index contributed by atoms with van der Waals surface area (Å²) in [5.41, 5.74) is 0. The first-order valence-corrected chi connectivity index (χ1v) is 4.87. The van der Waals surface area contributed by atoms with Crippen LogP contribution in [0.3, 0.4) is 0 Å². The molecule has 0 aromatic rings. The molecule has 0 aromatic carbocycles. The highest BCUT2D eigenvalue weighted by Crippen LogP contribution is 2.32. The molecule has 0 radical (unpaired) electrons. The predicted molar refractivity (Wildman–Crippen MR) is 47.8 cm³/mol. The van der Waals surface area contributed by atoms with E-state index in [0.29, 0.717) is 11.8 Å². The quantitative estimate of drug-likeness (QED) is 0.609. The van der Waals surface area contributed by atoms with E-state index in [1.54, 1.807) is 0 Å². The fourth-order valence-corrected chi connectivity index (χ4v) is 2.21. The van der Waals surface area contributed by atoms with Crippen molar-refractivity contribution in [3.63, 3.8) is 0 Å². The summed E-state index contributed by atoms with van der Waals surface area (Å²) in [5, 5.41) is 9.83. The summed E-state index contributed by atoms with van der Waals surface area (Å²) in [6.07, 6.45) is 2.78. The van der Waals surface area contributed by atoms with Crippen LogP contribution in [0, 0.1) is 11.8 Å². The molecule has 0 saturated heterocycles. The van der Waals surface area contributed by atoms with E-state index in [0.717, 1.165) is 19.3 Å². The molecule has 0 bridgehead atoms. The highest BCUT2D eigenvalue weighted by atomic mass is 35.5. The van der Waals surface area contributed by atoms with E-state index in [1.807, 2.05) is 0 Å². The van der Waals surface area contributed by atoms with Gasteiger partial charge in [-0.2, -0.15) is 0 Å². The minimum Gasteiger partial charge on any atom is -0.393 e. The Balaban J connectivity index is 2.44. The van der Waals surface area contributed by atoms with Crippen LogP contribution in [0.1, 0.15) is 33.1 Å². The van der Waals surface area contributed by atoms with Gasteiger partial charge in [-0.25, -0.2) is 0 Å². The van der Waals surface area contributed by atoms with E-state index in [4.69, 9.17) is 11.6 Å². The van der Waals surface area contributed by atoms with Crippen molar-refractivity contribution in [3.8, 4) is 0 Å². The average molecular weight is 177 g/mol. The first-order chi connectivity index (χ1) is 5.11. The Morgan fingerprint density at radius 2 is 2.00 bits per heavy atom. The summed E-state index contributed by atoms with van der Waals surface area (Å²) in [4.78, 5) is 0. The summed E-state index contributed by atoms with van der Waals surface area (Å²) in [5.74, 6) is 1.07. The summed E-state index contributed by atoms with van der Waals surface area (Å²) in [6, 6.07) is 0. The van der Waals surface area contributed by atoms with Crippen LogP contribution in [-0.4, -0.2) is 16.6 Å². The van der Waals surface area contributed by atoms with Gasteiger partial charge in [0, 0.05) is 5.38 Å². The van der Waals surface area contributed by atoms with Crippen molar-refractivity contribution in [2.24, 2.45) is 11.8 Å². The molecule has 3 atom stereocenters. The van der Waals surface area contributed by atoms with E-state index in [-0.39, 0.29) is 11.5 Å². The zero-order valence-corrected chi connectivity index (χ0v) is 8.01. The topological polar surface area (TPSA) is 20.2 Å². The molecule has 3 unspecified atom stereocenters. The number of hydrogen-bond acceptors (Lipinski definition) is 1. The molecule has 11 heavy (non-hydrogen) atoms. The molecule has 1 saturated carbocycles. The van der Waals surface area contributed by atoms with Crippen LogP contribution in [0.25, 0.3) is 0 Å². The van der Waals surface area contributed by atoms with Crippen LogP contribution >= 0.6 is 11.6 Å². The molecule has 1 aliphatic carbocycles. The Morgan fingerprint density at radius 1 is 1.36 bits per heavy atom. The van der Waals surface area contributed by atoms with Crippen LogP contribution in [0.2, 0.25) is 0 Å². The molecule has 0 amide bonds. The van der Waals surface area contributed by atoms with Gasteiger partial charge in [0.2, 0.25) is 0 Å². The number of aliphatic hydroxyl groups excluding tert-OH is 1. The molecule has 66 valence electrons. The minimum absolute atomic E-state index is 0.161. The first-order valence-electron chi connectivity index (χ1n) is 4.43. The summed E-state index contributed by atoms with van der Waals surface area (Å²) >= 11 is 5.92. The van der Waals surface area contributed by atoms with Crippen molar-refractivity contribution < 1.29 is 5.11 Å². The van der Waals surface area contributed by atoms with Gasteiger partial charge in [0.1, 0.15) is 0 Å². The molecule has 0 spiro atoms. The molecule has 1 aliphatic rings. The van der Waals surface area contributed by atoms with Gasteiger partial charge >= 0.3 is 0 Å². The lowest BCUT2D eigenvalue weighted by Crippen LogP contribution is -2.32. The van der Waals surface area contributed by atoms with Gasteiger partial charge in [-0.1, -0.05) is 13.8 Å². The maximum atomic E-state index is 9.63. The van der Waals surface area contributed by atoms with Gasteiger partial charge in [0.05, 0.1) is 6.10 Å². The second-order valence-electron chi connectivity index (χ2n) is 3.89. The smallest absolute Gasteiger partial charge is 0.0584 e. The molecule has 1 rings (SSSR count). The van der Waals surface area contributed by atoms with Crippen LogP contribution < -0.4 is 0 Å². The van der Waals surface area contributed by atoms with Crippen molar-refractivity contribution in [2.75, 3.05) is 0 Å². The van der Waals surface area contributed by atoms with Crippen molar-refractivity contribution in [3.05, 3.63) is 0 Å². The first kappa shape index (κ1) is 9.34. The Hall–Kier alpha value is 0.250. The summed E-state index contributed by atoms with van der Waals surface area (Å²) in [6.45, 7) is 4.34. The van der Waals surface area contributed by atoms with E-state index in [9.17, 15) is 5.11 Å². The summed E-state index contributed by atoms with van der Waals surface area (Å²) in [7, 11) is 0. The van der Waals surface area contributed by atoms with E-state index >= 15 is 0 Å². The molecule has 1 nitrogen and oxygen atoms in total. The Bertz CT molecular complexity index is 125. The Morgan fingerprint density at radius 3 is 2.45 bits per heavy atom. The third kappa shape index (κ3) is 2.34. The number of alkyl halides is 1. The monoisotopic (exact) mass is 176 g/mol. The zero-order chi connectivity index (χ0) is 8.43. The normalized spacial score (nSPS) is 39.5. The third-order valence-electron chi connectivity index (χ3n) is 2.66. The van der Waals surface area contributed by atoms with E-state index < -0.39 is 0 Å². The van der Waals surface area contributed by atoms with Gasteiger partial charge in [-0.15, -0.1) is 11.6 Å². The van der Waals surface area contributed by atoms with Crippen LogP contribution in [0.5, 0.6) is 0 Å². The SMILES string of the molecule is CC(C)C1CCC(Cl)CC1O. The lowest BCUT2D eigenvalue weighted by atomic mass is 9.79. The lowest BCUT2D eigenvalue weighted by Gasteiger charge is -2.32. The maximum absolute atomic E-state index is 9.63. The average Bonchev–Trinajstić information content (AvgIpc) is 1.85. The maximum Gasteiger partial charge on any atom is 0.0584 e. The lowest BCUT2D eigenvalue weighted by molar-refractivity contribution is 0.0472. The minimum atomic E-state index is -0.161. The highest BCUT2D eigenvalue weighted by molar-refractivity contribution is 6.20. The zero-order valence-electron chi connectivity index (χ0n) is 7.26. The molecule has 1 N–H and O–H groups in total. The van der Waals surface area contributed by atoms with E-state index in [1.165, 1.54) is 0 Å². The molecule has 2 heteroatoms. The fourth-order valence-electron chi connectivity index (χ4n) is 1.90. The largest absolute Gasteiger partial charge is 0.393 e. The van der Waals surface area contributed by atoms with Crippen LogP contribution in [0.4, 0.5) is 0 Å². The van der Waals surface area contributed by atoms with Gasteiger partial charge in [-0.3, -0.25) is 0 Å². The van der Waals surface area contributed by atoms with Crippen molar-refractivity contribution in [1.82, 2.24) is 0 Å². The Kier molecular flexibility index (Phi) is 3.20. The number of hydrogen-bond donors (Lipinski definition) is 1. The van der Waals surface area contributed by atoms with Crippen molar-refractivity contribution >= 4 is 11.6 Å². The van der Waals surface area contributed by atoms with Gasteiger partial charge in [0.15, 0.2) is 0 Å². The molecule has 0 heterocycles. The molecular weight excluding hydrogens is 160 g/mol. The number of rotatable bonds is 1. The third-order valence-corrected chi connectivity index (χ3v) is 3.06. The van der Waals surface area contributed by atoms with Gasteiger partial charge in [0.25, 0.3) is 0 Å². The van der Waals surface area contributed by atoms with Crippen molar-refractivity contribution in [1.29, 1.82) is 0 Å². The van der Waals surface area contributed by atoms with E-state index in [2.05, 4.69) is 13.8 Å². The van der Waals surface area contributed by atoms with Crippen molar-refractivity contribution in [2.45, 2.75) is 44.6 Å². The molecule has 0 aliphatic heterocycles. The predicted octanol–water partition coefficient (Wildman–Crippen LogP) is 2.41. The van der Waals surface area contributed by atoms with Gasteiger partial charge in [-0.05, 0) is 31.1 Å². The molecule has 0 aromatic heterocycles. The molecule has 1 fully saturated rings. The van der Waals surface area contributed by atoms with Crippen LogP contribution in [-0.2, 0) is 0 Å². The number of aliphatic hydroxyl groups is 1. The summed E-state index contributed by atoms with van der Waals surface area (Å²) < 4.78 is 0. The van der Waals surface area contributed by atoms with Crippen LogP contribution in [0.15, 0.2) is 0 Å². The second-order valence-corrected chi connectivity index (χ2v) is 4.50. The Labute approximate surface area is 73.8 Å². The highest BCUT2D eigenvalue weighted by Gasteiger charge is 2.29. The molecular formula is C9H17ClO. The second kappa shape index (κ2) is 3.77. The standard InChI is InChI=1S/C9H17ClO/c1-6(2)8-4-3-7(10)5-9(8)11/h6-9,11H,3-5H2,1-2H3. The fraction of sp³-hybridized carbons (Fsp3) is 1.00. The van der Waals surface area contributed by atoms with Gasteiger partial charge < -0.3 is 5.11 Å². The number of halogens is 1.